The van der Waals surface area contributed by atoms with Crippen molar-refractivity contribution in [3.05, 3.63) is 95.7 Å². The Morgan fingerprint density at radius 2 is 1.97 bits per heavy atom. The maximum Gasteiger partial charge on any atom is 0.275 e. The molecule has 2 aromatic heterocycles. The Labute approximate surface area is 207 Å². The number of hydrogen-bond acceptors (Lipinski definition) is 5. The number of nitrogens with zero attached hydrogens (tertiary/aromatic N) is 4. The third-order valence-electron chi connectivity index (χ3n) is 6.14. The first-order chi connectivity index (χ1) is 17.6. The number of hydrogen-bond donors (Lipinski definition) is 1. The second kappa shape index (κ2) is 10.6. The molecule has 1 fully saturated rings. The Balaban J connectivity index is 1.40. The fourth-order valence-corrected chi connectivity index (χ4v) is 4.35. The van der Waals surface area contributed by atoms with Crippen molar-refractivity contribution >= 4 is 17.5 Å². The van der Waals surface area contributed by atoms with Gasteiger partial charge in [-0.3, -0.25) is 9.59 Å². The molecular formula is C27H26FN5O3. The molecule has 1 N–H and O–H groups in total. The van der Waals surface area contributed by atoms with Crippen LogP contribution in [0.1, 0.15) is 40.9 Å². The molecule has 0 unspecified atom stereocenters. The van der Waals surface area contributed by atoms with Crippen LogP contribution in [0, 0.1) is 5.82 Å². The highest BCUT2D eigenvalue weighted by atomic mass is 19.1. The molecule has 3 heterocycles. The van der Waals surface area contributed by atoms with Crippen molar-refractivity contribution in [2.24, 2.45) is 0 Å². The predicted molar refractivity (Wildman–Crippen MR) is 131 cm³/mol. The summed E-state index contributed by atoms with van der Waals surface area (Å²) in [5.74, 6) is -0.232. The molecule has 2 aromatic carbocycles. The van der Waals surface area contributed by atoms with Crippen LogP contribution in [0.15, 0.2) is 73.1 Å². The van der Waals surface area contributed by atoms with E-state index in [4.69, 9.17) is 4.74 Å². The molecular weight excluding hydrogens is 461 g/mol. The van der Waals surface area contributed by atoms with Gasteiger partial charge >= 0.3 is 0 Å². The Morgan fingerprint density at radius 1 is 1.11 bits per heavy atom. The molecule has 4 aromatic rings. The molecule has 184 valence electrons. The van der Waals surface area contributed by atoms with Crippen molar-refractivity contribution in [1.82, 2.24) is 24.8 Å². The van der Waals surface area contributed by atoms with Crippen LogP contribution in [-0.2, 0) is 17.9 Å². The number of amides is 2. The van der Waals surface area contributed by atoms with E-state index in [1.807, 2.05) is 18.2 Å². The van der Waals surface area contributed by atoms with E-state index in [-0.39, 0.29) is 36.5 Å². The number of rotatable bonds is 7. The van der Waals surface area contributed by atoms with E-state index < -0.39 is 6.04 Å². The topological polar surface area (TPSA) is 88.8 Å². The largest absolute Gasteiger partial charge is 0.489 e. The zero-order valence-corrected chi connectivity index (χ0v) is 19.6. The molecule has 0 spiro atoms. The maximum absolute atomic E-state index is 13.7. The summed E-state index contributed by atoms with van der Waals surface area (Å²) in [6.07, 6.45) is 5.62. The number of ether oxygens (including phenoxy) is 1. The van der Waals surface area contributed by atoms with Gasteiger partial charge in [0.2, 0.25) is 5.91 Å². The zero-order valence-electron chi connectivity index (χ0n) is 19.6. The molecule has 9 heteroatoms. The molecule has 0 aliphatic carbocycles. The third-order valence-corrected chi connectivity index (χ3v) is 6.14. The summed E-state index contributed by atoms with van der Waals surface area (Å²) < 4.78 is 20.9. The van der Waals surface area contributed by atoms with Gasteiger partial charge in [-0.1, -0.05) is 24.3 Å². The van der Waals surface area contributed by atoms with Crippen LogP contribution in [0.5, 0.6) is 5.75 Å². The van der Waals surface area contributed by atoms with Gasteiger partial charge < -0.3 is 15.0 Å². The number of carbonyl (C=O) groups is 2. The minimum Gasteiger partial charge on any atom is -0.489 e. The summed E-state index contributed by atoms with van der Waals surface area (Å²) in [5, 5.41) is 7.30. The number of aromatic nitrogens is 3. The van der Waals surface area contributed by atoms with Crippen LogP contribution in [0.25, 0.3) is 5.65 Å². The minimum absolute atomic E-state index is 0.166. The maximum atomic E-state index is 13.7. The third kappa shape index (κ3) is 5.35. The fourth-order valence-electron chi connectivity index (χ4n) is 4.35. The number of fused-ring (bicyclic) bond motifs is 1. The second-order valence-corrected chi connectivity index (χ2v) is 8.75. The zero-order chi connectivity index (χ0) is 24.9. The predicted octanol–water partition coefficient (Wildman–Crippen LogP) is 3.76. The normalized spacial score (nSPS) is 15.8. The standard InChI is InChI=1S/C27H26FN5O3/c28-21-8-3-7-20(14-21)18-36-22-9-4-6-19(15-22)17-32(24-10-1-2-11-30-26(24)34)27(35)23-16-25-29-12-5-13-33(25)31-23/h3-9,12-16,24H,1-2,10-11,17-18H2,(H,30,34)/t24-/m0/s1. The van der Waals surface area contributed by atoms with Gasteiger partial charge in [0.25, 0.3) is 5.91 Å². The highest BCUT2D eigenvalue weighted by Crippen LogP contribution is 2.22. The van der Waals surface area contributed by atoms with Gasteiger partial charge in [0, 0.05) is 31.5 Å². The van der Waals surface area contributed by atoms with E-state index in [1.165, 1.54) is 12.1 Å². The summed E-state index contributed by atoms with van der Waals surface area (Å²) in [6, 6.07) is 16.4. The average molecular weight is 488 g/mol. The molecule has 0 radical (unpaired) electrons. The molecule has 2 amide bonds. The number of halogens is 1. The first-order valence-corrected chi connectivity index (χ1v) is 11.9. The van der Waals surface area contributed by atoms with Crippen LogP contribution in [-0.4, -0.2) is 43.9 Å². The van der Waals surface area contributed by atoms with Gasteiger partial charge in [-0.25, -0.2) is 13.9 Å². The molecule has 0 saturated carbocycles. The van der Waals surface area contributed by atoms with Crippen LogP contribution >= 0.6 is 0 Å². The molecule has 1 aliphatic rings. The van der Waals surface area contributed by atoms with Gasteiger partial charge in [0.1, 0.15) is 24.2 Å². The van der Waals surface area contributed by atoms with Crippen LogP contribution in [0.3, 0.4) is 0 Å². The Bertz CT molecular complexity index is 1360. The lowest BCUT2D eigenvalue weighted by atomic mass is 10.1. The van der Waals surface area contributed by atoms with Gasteiger partial charge in [-0.15, -0.1) is 0 Å². The van der Waals surface area contributed by atoms with Crippen molar-refractivity contribution < 1.29 is 18.7 Å². The summed E-state index contributed by atoms with van der Waals surface area (Å²) in [5.41, 5.74) is 2.30. The quantitative estimate of drug-likeness (QED) is 0.429. The summed E-state index contributed by atoms with van der Waals surface area (Å²) >= 11 is 0. The SMILES string of the molecule is O=C1NCCCC[C@@H]1N(Cc1cccc(OCc2cccc(F)c2)c1)C(=O)c1cc2ncccn2n1. The van der Waals surface area contributed by atoms with Crippen molar-refractivity contribution in [3.63, 3.8) is 0 Å². The van der Waals surface area contributed by atoms with Crippen LogP contribution in [0.4, 0.5) is 4.39 Å². The first kappa shape index (κ1) is 23.5. The Kier molecular flexibility index (Phi) is 6.88. The highest BCUT2D eigenvalue weighted by Gasteiger charge is 2.32. The number of carbonyl (C=O) groups excluding carboxylic acids is 2. The molecule has 8 nitrogen and oxygen atoms in total. The molecule has 0 bridgehead atoms. The van der Waals surface area contributed by atoms with Crippen molar-refractivity contribution in [2.45, 2.75) is 38.5 Å². The van der Waals surface area contributed by atoms with Crippen LogP contribution < -0.4 is 10.1 Å². The molecule has 5 rings (SSSR count). The van der Waals surface area contributed by atoms with Gasteiger partial charge in [-0.05, 0) is 60.7 Å². The van der Waals surface area contributed by atoms with Gasteiger partial charge in [-0.2, -0.15) is 5.10 Å². The number of nitrogens with one attached hydrogen (secondary N) is 1. The Morgan fingerprint density at radius 3 is 2.83 bits per heavy atom. The van der Waals surface area contributed by atoms with Gasteiger partial charge in [0.05, 0.1) is 0 Å². The van der Waals surface area contributed by atoms with Crippen LogP contribution in [0.2, 0.25) is 0 Å². The van der Waals surface area contributed by atoms with Gasteiger partial charge in [0.15, 0.2) is 11.3 Å². The average Bonchev–Trinajstić information content (AvgIpc) is 3.21. The molecule has 36 heavy (non-hydrogen) atoms. The monoisotopic (exact) mass is 487 g/mol. The van der Waals surface area contributed by atoms with Crippen molar-refractivity contribution in [2.75, 3.05) is 6.54 Å². The molecule has 1 saturated heterocycles. The van der Waals surface area contributed by atoms with E-state index in [0.29, 0.717) is 29.9 Å². The molecule has 1 atom stereocenters. The summed E-state index contributed by atoms with van der Waals surface area (Å²) in [6.45, 7) is 1.01. The van der Waals surface area contributed by atoms with Crippen molar-refractivity contribution in [1.29, 1.82) is 0 Å². The fraction of sp³-hybridized carbons (Fsp3) is 0.259. The van der Waals surface area contributed by atoms with E-state index in [2.05, 4.69) is 15.4 Å². The van der Waals surface area contributed by atoms with Crippen molar-refractivity contribution in [3.8, 4) is 5.75 Å². The molecule has 1 aliphatic heterocycles. The first-order valence-electron chi connectivity index (χ1n) is 11.9. The number of benzene rings is 2. The lowest BCUT2D eigenvalue weighted by molar-refractivity contribution is -0.125. The second-order valence-electron chi connectivity index (χ2n) is 8.75. The van der Waals surface area contributed by atoms with E-state index in [0.717, 1.165) is 18.4 Å². The Hall–Kier alpha value is -4.27. The summed E-state index contributed by atoms with van der Waals surface area (Å²) in [7, 11) is 0. The lowest BCUT2D eigenvalue weighted by Gasteiger charge is -2.29. The minimum atomic E-state index is -0.616. The van der Waals surface area contributed by atoms with E-state index in [1.54, 1.807) is 52.1 Å². The summed E-state index contributed by atoms with van der Waals surface area (Å²) in [4.78, 5) is 32.4. The smallest absolute Gasteiger partial charge is 0.275 e. The highest BCUT2D eigenvalue weighted by molar-refractivity contribution is 5.97. The van der Waals surface area contributed by atoms with E-state index >= 15 is 0 Å². The van der Waals surface area contributed by atoms with E-state index in [9.17, 15) is 14.0 Å². The lowest BCUT2D eigenvalue weighted by Crippen LogP contribution is -2.48.